The van der Waals surface area contributed by atoms with Crippen LogP contribution in [0.5, 0.6) is 0 Å². The number of ether oxygens (including phenoxy) is 5. The lowest BCUT2D eigenvalue weighted by molar-refractivity contribution is -0.261. The van der Waals surface area contributed by atoms with Crippen molar-refractivity contribution in [2.45, 2.75) is 56.9 Å². The first-order valence-corrected chi connectivity index (χ1v) is 13.9. The SMILES string of the molecule is N#C[C@@H]1O[C@H](COCc2ccccc2)[C@H](OCc2ccccc2)[C@H](OCc2ccccc2)[C@@H]1OCc1ccccc1. The topological polar surface area (TPSA) is 69.9 Å². The Bertz CT molecular complexity index is 1330. The summed E-state index contributed by atoms with van der Waals surface area (Å²) in [5.41, 5.74) is 4.11. The van der Waals surface area contributed by atoms with Crippen LogP contribution < -0.4 is 0 Å². The number of benzene rings is 4. The van der Waals surface area contributed by atoms with Crippen LogP contribution in [0.15, 0.2) is 121 Å². The molecular formula is C35H35NO5. The lowest BCUT2D eigenvalue weighted by atomic mass is 9.94. The molecule has 1 aliphatic rings. The fourth-order valence-electron chi connectivity index (χ4n) is 4.89. The van der Waals surface area contributed by atoms with Gasteiger partial charge in [0.1, 0.15) is 24.4 Å². The summed E-state index contributed by atoms with van der Waals surface area (Å²) in [6.45, 7) is 1.68. The smallest absolute Gasteiger partial charge is 0.173 e. The molecule has 1 fully saturated rings. The van der Waals surface area contributed by atoms with Crippen LogP contribution in [0.2, 0.25) is 0 Å². The van der Waals surface area contributed by atoms with Gasteiger partial charge in [-0.25, -0.2) is 0 Å². The lowest BCUT2D eigenvalue weighted by Gasteiger charge is -2.44. The zero-order chi connectivity index (χ0) is 28.1. The van der Waals surface area contributed by atoms with Crippen molar-refractivity contribution in [2.24, 2.45) is 0 Å². The Morgan fingerprint density at radius 2 is 0.902 bits per heavy atom. The van der Waals surface area contributed by atoms with E-state index in [1.165, 1.54) is 0 Å². The number of nitriles is 1. The largest absolute Gasteiger partial charge is 0.374 e. The first-order valence-electron chi connectivity index (χ1n) is 13.9. The number of rotatable bonds is 13. The van der Waals surface area contributed by atoms with E-state index >= 15 is 0 Å². The zero-order valence-corrected chi connectivity index (χ0v) is 23.0. The van der Waals surface area contributed by atoms with E-state index in [4.69, 9.17) is 23.7 Å². The van der Waals surface area contributed by atoms with E-state index in [9.17, 15) is 5.26 Å². The van der Waals surface area contributed by atoms with Crippen molar-refractivity contribution in [3.8, 4) is 6.07 Å². The minimum Gasteiger partial charge on any atom is -0.374 e. The Balaban J connectivity index is 1.39. The second-order valence-electron chi connectivity index (χ2n) is 10.0. The Hall–Kier alpha value is -3.83. The van der Waals surface area contributed by atoms with Crippen LogP contribution in [0.4, 0.5) is 0 Å². The molecule has 0 spiro atoms. The van der Waals surface area contributed by atoms with E-state index in [2.05, 4.69) is 6.07 Å². The molecule has 5 rings (SSSR count). The summed E-state index contributed by atoms with van der Waals surface area (Å²) in [6.07, 6.45) is -3.19. The van der Waals surface area contributed by atoms with Gasteiger partial charge in [0.25, 0.3) is 0 Å². The molecule has 4 aromatic carbocycles. The van der Waals surface area contributed by atoms with E-state index in [1.807, 2.05) is 121 Å². The summed E-state index contributed by atoms with van der Waals surface area (Å²) < 4.78 is 31.9. The summed E-state index contributed by atoms with van der Waals surface area (Å²) in [5.74, 6) is 0. The molecule has 1 saturated heterocycles. The van der Waals surface area contributed by atoms with Gasteiger partial charge < -0.3 is 23.7 Å². The monoisotopic (exact) mass is 549 g/mol. The predicted octanol–water partition coefficient (Wildman–Crippen LogP) is 6.25. The van der Waals surface area contributed by atoms with Crippen molar-refractivity contribution in [1.29, 1.82) is 5.26 Å². The quantitative estimate of drug-likeness (QED) is 0.196. The maximum absolute atomic E-state index is 10.2. The summed E-state index contributed by atoms with van der Waals surface area (Å²) in [4.78, 5) is 0. The van der Waals surface area contributed by atoms with Gasteiger partial charge in [0.05, 0.1) is 39.1 Å². The fraction of sp³-hybridized carbons (Fsp3) is 0.286. The van der Waals surface area contributed by atoms with Gasteiger partial charge >= 0.3 is 0 Å². The Morgan fingerprint density at radius 3 is 1.34 bits per heavy atom. The van der Waals surface area contributed by atoms with Gasteiger partial charge in [-0.2, -0.15) is 5.26 Å². The second-order valence-corrected chi connectivity index (χ2v) is 10.0. The first-order chi connectivity index (χ1) is 20.3. The average molecular weight is 550 g/mol. The third-order valence-corrected chi connectivity index (χ3v) is 7.01. The predicted molar refractivity (Wildman–Crippen MR) is 155 cm³/mol. The summed E-state index contributed by atoms with van der Waals surface area (Å²) in [5, 5.41) is 10.2. The van der Waals surface area contributed by atoms with Gasteiger partial charge in [-0.3, -0.25) is 0 Å². The lowest BCUT2D eigenvalue weighted by Crippen LogP contribution is -2.60. The molecule has 0 N–H and O–H groups in total. The van der Waals surface area contributed by atoms with Crippen molar-refractivity contribution >= 4 is 0 Å². The molecule has 210 valence electrons. The Kier molecular flexibility index (Phi) is 10.7. The number of nitrogens with zero attached hydrogens (tertiary/aromatic N) is 1. The van der Waals surface area contributed by atoms with E-state index < -0.39 is 30.5 Å². The van der Waals surface area contributed by atoms with Crippen molar-refractivity contribution in [1.82, 2.24) is 0 Å². The molecule has 1 heterocycles. The van der Waals surface area contributed by atoms with Crippen LogP contribution in [0.25, 0.3) is 0 Å². The highest BCUT2D eigenvalue weighted by Crippen LogP contribution is 2.31. The van der Waals surface area contributed by atoms with E-state index in [-0.39, 0.29) is 6.61 Å². The molecule has 1 aliphatic heterocycles. The highest BCUT2D eigenvalue weighted by atomic mass is 16.6. The third kappa shape index (κ3) is 8.34. The van der Waals surface area contributed by atoms with Crippen LogP contribution in [0.1, 0.15) is 22.3 Å². The first kappa shape index (κ1) is 28.7. The summed E-state index contributed by atoms with van der Waals surface area (Å²) in [7, 11) is 0. The van der Waals surface area contributed by atoms with E-state index in [0.717, 1.165) is 22.3 Å². The molecule has 5 atom stereocenters. The van der Waals surface area contributed by atoms with Gasteiger partial charge in [0.15, 0.2) is 6.10 Å². The molecule has 0 amide bonds. The molecule has 0 saturated carbocycles. The van der Waals surface area contributed by atoms with Crippen molar-refractivity contribution in [3.05, 3.63) is 144 Å². The molecule has 0 aliphatic carbocycles. The molecule has 4 aromatic rings. The molecule has 0 unspecified atom stereocenters. The van der Waals surface area contributed by atoms with Crippen LogP contribution in [-0.2, 0) is 50.1 Å². The standard InChI is InChI=1S/C35H35NO5/c36-21-31-33(38-23-28-15-7-2-8-16-28)35(40-25-30-19-11-4-12-20-30)34(39-24-29-17-9-3-10-18-29)32(41-31)26-37-22-27-13-5-1-6-14-27/h1-20,31-35H,22-26H2/t31-,32+,33+,34-,35+/m0/s1. The fourth-order valence-corrected chi connectivity index (χ4v) is 4.89. The number of hydrogen-bond donors (Lipinski definition) is 0. The van der Waals surface area contributed by atoms with Crippen LogP contribution in [-0.4, -0.2) is 37.1 Å². The molecule has 41 heavy (non-hydrogen) atoms. The Labute approximate surface area is 242 Å². The van der Waals surface area contributed by atoms with Crippen molar-refractivity contribution < 1.29 is 23.7 Å². The normalized spacial score (nSPS) is 22.2. The maximum Gasteiger partial charge on any atom is 0.173 e. The summed E-state index contributed by atoms with van der Waals surface area (Å²) >= 11 is 0. The van der Waals surface area contributed by atoms with Gasteiger partial charge in [0, 0.05) is 0 Å². The summed E-state index contributed by atoms with van der Waals surface area (Å²) in [6, 6.07) is 42.1. The third-order valence-electron chi connectivity index (χ3n) is 7.01. The van der Waals surface area contributed by atoms with Gasteiger partial charge in [-0.1, -0.05) is 121 Å². The molecule has 6 heteroatoms. The molecule has 0 bridgehead atoms. The Morgan fingerprint density at radius 1 is 0.512 bits per heavy atom. The molecular weight excluding hydrogens is 514 g/mol. The van der Waals surface area contributed by atoms with Gasteiger partial charge in [-0.15, -0.1) is 0 Å². The molecule has 0 aromatic heterocycles. The van der Waals surface area contributed by atoms with Crippen LogP contribution in [0.3, 0.4) is 0 Å². The highest BCUT2D eigenvalue weighted by molar-refractivity contribution is 5.17. The van der Waals surface area contributed by atoms with Crippen LogP contribution in [0, 0.1) is 11.3 Å². The van der Waals surface area contributed by atoms with Gasteiger partial charge in [-0.05, 0) is 22.3 Å². The zero-order valence-electron chi connectivity index (χ0n) is 23.0. The minimum atomic E-state index is -0.860. The minimum absolute atomic E-state index is 0.239. The van der Waals surface area contributed by atoms with E-state index in [1.54, 1.807) is 0 Å². The molecule has 6 nitrogen and oxygen atoms in total. The highest BCUT2D eigenvalue weighted by Gasteiger charge is 2.48. The van der Waals surface area contributed by atoms with Crippen molar-refractivity contribution in [3.63, 3.8) is 0 Å². The van der Waals surface area contributed by atoms with Gasteiger partial charge in [0.2, 0.25) is 0 Å². The molecule has 0 radical (unpaired) electrons. The van der Waals surface area contributed by atoms with Crippen molar-refractivity contribution in [2.75, 3.05) is 6.61 Å². The number of hydrogen-bond acceptors (Lipinski definition) is 6. The second kappa shape index (κ2) is 15.2. The van der Waals surface area contributed by atoms with E-state index in [0.29, 0.717) is 26.4 Å². The maximum atomic E-state index is 10.2. The average Bonchev–Trinajstić information content (AvgIpc) is 3.04. The van der Waals surface area contributed by atoms with Crippen LogP contribution >= 0.6 is 0 Å².